The van der Waals surface area contributed by atoms with Gasteiger partial charge >= 0.3 is 0 Å². The summed E-state index contributed by atoms with van der Waals surface area (Å²) in [6, 6.07) is 36.9. The van der Waals surface area contributed by atoms with E-state index in [0.717, 1.165) is 31.3 Å². The zero-order chi connectivity index (χ0) is 20.6. The number of aromatic nitrogens is 2. The number of benzene rings is 4. The molecule has 1 heterocycles. The number of hydrogen-bond acceptors (Lipinski definition) is 2. The van der Waals surface area contributed by atoms with Crippen LogP contribution in [0, 0.1) is 3.70 Å². The third kappa shape index (κ3) is 2.91. The smallest absolute Gasteiger partial charge is 0.138 e. The molecule has 0 aliphatic rings. The van der Waals surface area contributed by atoms with Gasteiger partial charge in [0.1, 0.15) is 15.0 Å². The molecule has 4 aromatic carbocycles. The Labute approximate surface area is 188 Å². The highest BCUT2D eigenvalue weighted by molar-refractivity contribution is 14.1. The van der Waals surface area contributed by atoms with Crippen molar-refractivity contribution in [1.82, 2.24) is 9.78 Å². The Morgan fingerprint density at radius 2 is 1.13 bits per heavy atom. The highest BCUT2D eigenvalue weighted by Gasteiger charge is 2.40. The number of phenols is 1. The molecule has 0 saturated carbocycles. The van der Waals surface area contributed by atoms with Crippen LogP contribution in [-0.4, -0.2) is 14.9 Å². The fourth-order valence-electron chi connectivity index (χ4n) is 4.23. The van der Waals surface area contributed by atoms with Crippen molar-refractivity contribution >= 4 is 33.5 Å². The van der Waals surface area contributed by atoms with Gasteiger partial charge in [-0.05, 0) is 57.5 Å². The minimum absolute atomic E-state index is 0.240. The minimum Gasteiger partial charge on any atom is -0.508 e. The molecular weight excluding hydrogens is 483 g/mol. The molecule has 0 saturated heterocycles. The molecule has 0 fully saturated rings. The van der Waals surface area contributed by atoms with Gasteiger partial charge in [0.05, 0.1) is 5.52 Å². The molecule has 146 valence electrons. The first-order chi connectivity index (χ1) is 14.7. The zero-order valence-corrected chi connectivity index (χ0v) is 18.3. The molecule has 4 heteroatoms. The monoisotopic (exact) mass is 502 g/mol. The average molecular weight is 502 g/mol. The van der Waals surface area contributed by atoms with Crippen LogP contribution in [0.5, 0.6) is 5.75 Å². The maximum atomic E-state index is 10.1. The van der Waals surface area contributed by atoms with Crippen LogP contribution in [0.4, 0.5) is 0 Å². The Balaban J connectivity index is 1.98. The van der Waals surface area contributed by atoms with Gasteiger partial charge < -0.3 is 5.11 Å². The Kier molecular flexibility index (Phi) is 4.79. The van der Waals surface area contributed by atoms with E-state index in [1.165, 1.54) is 0 Å². The van der Waals surface area contributed by atoms with E-state index < -0.39 is 5.54 Å². The van der Waals surface area contributed by atoms with Crippen molar-refractivity contribution in [3.05, 3.63) is 130 Å². The van der Waals surface area contributed by atoms with Crippen molar-refractivity contribution in [2.75, 3.05) is 0 Å². The summed E-state index contributed by atoms with van der Waals surface area (Å²) < 4.78 is 2.95. The molecular formula is C26H19IN2O. The SMILES string of the molecule is Oc1ccc2c(c1)c(I)nn2C(c1ccccc1)(c1ccccc1)c1ccccc1. The zero-order valence-electron chi connectivity index (χ0n) is 16.1. The molecule has 0 unspecified atom stereocenters. The molecule has 1 N–H and O–H groups in total. The molecule has 0 spiro atoms. The van der Waals surface area contributed by atoms with Crippen molar-refractivity contribution in [2.24, 2.45) is 0 Å². The van der Waals surface area contributed by atoms with Crippen LogP contribution >= 0.6 is 22.6 Å². The molecule has 5 aromatic rings. The first-order valence-electron chi connectivity index (χ1n) is 9.75. The second kappa shape index (κ2) is 7.61. The van der Waals surface area contributed by atoms with Crippen molar-refractivity contribution in [2.45, 2.75) is 5.54 Å². The fraction of sp³-hybridized carbons (Fsp3) is 0.0385. The summed E-state index contributed by atoms with van der Waals surface area (Å²) in [5.41, 5.74) is 3.67. The van der Waals surface area contributed by atoms with Crippen molar-refractivity contribution in [3.63, 3.8) is 0 Å². The number of aromatic hydroxyl groups is 1. The van der Waals surface area contributed by atoms with Crippen LogP contribution < -0.4 is 0 Å². The molecule has 0 atom stereocenters. The van der Waals surface area contributed by atoms with Gasteiger partial charge in [-0.2, -0.15) is 5.10 Å². The van der Waals surface area contributed by atoms with E-state index >= 15 is 0 Å². The van der Waals surface area contributed by atoms with Gasteiger partial charge in [0.2, 0.25) is 0 Å². The van der Waals surface area contributed by atoms with Gasteiger partial charge in [-0.1, -0.05) is 91.0 Å². The molecule has 30 heavy (non-hydrogen) atoms. The van der Waals surface area contributed by atoms with Gasteiger partial charge in [0.25, 0.3) is 0 Å². The largest absolute Gasteiger partial charge is 0.508 e. The van der Waals surface area contributed by atoms with Crippen molar-refractivity contribution < 1.29 is 5.11 Å². The molecule has 3 nitrogen and oxygen atoms in total. The van der Waals surface area contributed by atoms with Crippen LogP contribution in [-0.2, 0) is 5.54 Å². The number of phenolic OH excluding ortho intramolecular Hbond substituents is 1. The number of nitrogens with zero attached hydrogens (tertiary/aromatic N) is 2. The second-order valence-corrected chi connectivity index (χ2v) is 8.23. The van der Waals surface area contributed by atoms with Crippen molar-refractivity contribution in [3.8, 4) is 5.75 Å². The third-order valence-electron chi connectivity index (χ3n) is 5.51. The first kappa shape index (κ1) is 18.9. The van der Waals surface area contributed by atoms with Crippen molar-refractivity contribution in [1.29, 1.82) is 0 Å². The van der Waals surface area contributed by atoms with E-state index in [1.807, 2.05) is 24.3 Å². The Hall–Kier alpha value is -3.12. The fourth-order valence-corrected chi connectivity index (χ4v) is 4.88. The molecule has 0 aliphatic carbocycles. The maximum absolute atomic E-state index is 10.1. The number of hydrogen-bond donors (Lipinski definition) is 1. The van der Waals surface area contributed by atoms with Gasteiger partial charge in [-0.15, -0.1) is 0 Å². The summed E-state index contributed by atoms with van der Waals surface area (Å²) in [5.74, 6) is 0.240. The van der Waals surface area contributed by atoms with Crippen LogP contribution in [0.2, 0.25) is 0 Å². The van der Waals surface area contributed by atoms with E-state index in [1.54, 1.807) is 12.1 Å². The van der Waals surface area contributed by atoms with Crippen LogP contribution in [0.3, 0.4) is 0 Å². The predicted octanol–water partition coefficient (Wildman–Crippen LogP) is 6.19. The molecule has 0 radical (unpaired) electrons. The van der Waals surface area contributed by atoms with Crippen LogP contribution in [0.25, 0.3) is 10.9 Å². The highest BCUT2D eigenvalue weighted by Crippen LogP contribution is 2.43. The minimum atomic E-state index is -0.664. The number of fused-ring (bicyclic) bond motifs is 1. The van der Waals surface area contributed by atoms with E-state index in [9.17, 15) is 5.11 Å². The summed E-state index contributed by atoms with van der Waals surface area (Å²) in [7, 11) is 0. The van der Waals surface area contributed by atoms with Crippen LogP contribution in [0.1, 0.15) is 16.7 Å². The third-order valence-corrected chi connectivity index (χ3v) is 6.31. The van der Waals surface area contributed by atoms with Gasteiger partial charge in [-0.3, -0.25) is 0 Å². The lowest BCUT2D eigenvalue weighted by Gasteiger charge is -2.37. The van der Waals surface area contributed by atoms with E-state index in [2.05, 4.69) is 100 Å². The van der Waals surface area contributed by atoms with Gasteiger partial charge in [0, 0.05) is 5.39 Å². The quantitative estimate of drug-likeness (QED) is 0.235. The lowest BCUT2D eigenvalue weighted by atomic mass is 9.77. The van der Waals surface area contributed by atoms with Gasteiger partial charge in [0.15, 0.2) is 0 Å². The number of rotatable bonds is 4. The van der Waals surface area contributed by atoms with Crippen LogP contribution in [0.15, 0.2) is 109 Å². The molecule has 0 amide bonds. The summed E-state index contributed by atoms with van der Waals surface area (Å²) in [5, 5.41) is 16.0. The van der Waals surface area contributed by atoms with E-state index in [4.69, 9.17) is 5.10 Å². The van der Waals surface area contributed by atoms with E-state index in [-0.39, 0.29) is 5.75 Å². The average Bonchev–Trinajstić information content (AvgIpc) is 3.12. The Morgan fingerprint density at radius 3 is 1.60 bits per heavy atom. The Morgan fingerprint density at radius 1 is 0.667 bits per heavy atom. The summed E-state index contributed by atoms with van der Waals surface area (Å²) >= 11 is 2.25. The van der Waals surface area contributed by atoms with Gasteiger partial charge in [-0.25, -0.2) is 4.68 Å². The normalized spacial score (nSPS) is 11.6. The number of halogens is 1. The first-order valence-corrected chi connectivity index (χ1v) is 10.8. The predicted molar refractivity (Wildman–Crippen MR) is 129 cm³/mol. The summed E-state index contributed by atoms with van der Waals surface area (Å²) in [6.45, 7) is 0. The Bertz CT molecular complexity index is 1200. The molecule has 5 rings (SSSR count). The second-order valence-electron chi connectivity index (χ2n) is 7.21. The van der Waals surface area contributed by atoms with E-state index in [0.29, 0.717) is 0 Å². The lowest BCUT2D eigenvalue weighted by molar-refractivity contribution is 0.471. The molecule has 0 bridgehead atoms. The lowest BCUT2D eigenvalue weighted by Crippen LogP contribution is -2.38. The summed E-state index contributed by atoms with van der Waals surface area (Å²) in [4.78, 5) is 0. The molecule has 0 aliphatic heterocycles. The molecule has 1 aromatic heterocycles. The summed E-state index contributed by atoms with van der Waals surface area (Å²) in [6.07, 6.45) is 0. The topological polar surface area (TPSA) is 38.1 Å². The highest BCUT2D eigenvalue weighted by atomic mass is 127. The standard InChI is InChI=1S/C26H19IN2O/c27-25-23-18-22(30)16-17-24(23)29(28-25)26(19-10-4-1-5-11-19,20-12-6-2-7-13-20)21-14-8-3-9-15-21/h1-18,30H. The maximum Gasteiger partial charge on any atom is 0.138 e.